The quantitative estimate of drug-likeness (QED) is 0.575. The molecule has 0 saturated carbocycles. The van der Waals surface area contributed by atoms with E-state index in [2.05, 4.69) is 0 Å². The maximum atomic E-state index is 11.3. The van der Waals surface area contributed by atoms with Gasteiger partial charge in [-0.1, -0.05) is 6.92 Å². The molecule has 0 spiro atoms. The lowest BCUT2D eigenvalue weighted by molar-refractivity contribution is 0.0988. The minimum absolute atomic E-state index is 0.131. The van der Waals surface area contributed by atoms with Crippen molar-refractivity contribution < 1.29 is 14.6 Å². The summed E-state index contributed by atoms with van der Waals surface area (Å²) in [6, 6.07) is 7.08. The third-order valence-corrected chi connectivity index (χ3v) is 2.07. The molecule has 15 heavy (non-hydrogen) atoms. The Balaban J connectivity index is 2.52. The zero-order valence-electron chi connectivity index (χ0n) is 8.90. The van der Waals surface area contributed by atoms with Crippen molar-refractivity contribution in [3.63, 3.8) is 0 Å². The van der Waals surface area contributed by atoms with E-state index in [0.29, 0.717) is 25.0 Å². The molecule has 0 unspecified atom stereocenters. The van der Waals surface area contributed by atoms with E-state index < -0.39 is 0 Å². The molecule has 0 amide bonds. The fraction of sp³-hybridized carbons (Fsp3) is 0.417. The van der Waals surface area contributed by atoms with E-state index in [1.165, 1.54) is 0 Å². The molecule has 0 aliphatic carbocycles. The van der Waals surface area contributed by atoms with Gasteiger partial charge >= 0.3 is 0 Å². The third kappa shape index (κ3) is 3.72. The Labute approximate surface area is 89.7 Å². The molecule has 0 aliphatic rings. The van der Waals surface area contributed by atoms with Gasteiger partial charge < -0.3 is 9.84 Å². The fourth-order valence-electron chi connectivity index (χ4n) is 1.20. The Hall–Kier alpha value is -1.35. The number of hydrogen-bond donors (Lipinski definition) is 1. The summed E-state index contributed by atoms with van der Waals surface area (Å²) in [5.41, 5.74) is 0.715. The van der Waals surface area contributed by atoms with E-state index in [-0.39, 0.29) is 12.4 Å². The third-order valence-electron chi connectivity index (χ3n) is 2.07. The zero-order valence-corrected chi connectivity index (χ0v) is 8.90. The maximum Gasteiger partial charge on any atom is 0.162 e. The minimum Gasteiger partial charge on any atom is -0.494 e. The van der Waals surface area contributed by atoms with Crippen LogP contribution in [-0.2, 0) is 0 Å². The first-order valence-corrected chi connectivity index (χ1v) is 5.15. The number of carbonyl (C=O) groups excluding carboxylic acids is 1. The van der Waals surface area contributed by atoms with Gasteiger partial charge in [0, 0.05) is 25.0 Å². The van der Waals surface area contributed by atoms with Crippen molar-refractivity contribution >= 4 is 5.78 Å². The molecule has 0 fully saturated rings. The second-order valence-electron chi connectivity index (χ2n) is 3.23. The predicted octanol–water partition coefficient (Wildman–Crippen LogP) is 2.04. The van der Waals surface area contributed by atoms with E-state index in [0.717, 1.165) is 5.75 Å². The highest BCUT2D eigenvalue weighted by atomic mass is 16.5. The molecular weight excluding hydrogens is 192 g/mol. The monoisotopic (exact) mass is 208 g/mol. The van der Waals surface area contributed by atoms with Gasteiger partial charge in [-0.2, -0.15) is 0 Å². The van der Waals surface area contributed by atoms with Crippen molar-refractivity contribution in [2.45, 2.75) is 19.8 Å². The summed E-state index contributed by atoms with van der Waals surface area (Å²) in [5, 5.41) is 8.57. The molecular formula is C12H16O3. The fourth-order valence-corrected chi connectivity index (χ4v) is 1.20. The number of rotatable bonds is 6. The molecule has 0 atom stereocenters. The summed E-state index contributed by atoms with van der Waals surface area (Å²) in [4.78, 5) is 11.3. The highest BCUT2D eigenvalue weighted by molar-refractivity contribution is 5.95. The molecule has 0 bridgehead atoms. The summed E-state index contributed by atoms with van der Waals surface area (Å²) < 4.78 is 5.34. The van der Waals surface area contributed by atoms with Gasteiger partial charge in [0.2, 0.25) is 0 Å². The molecule has 0 heterocycles. The standard InChI is InChI=1S/C12H16O3/c1-2-12(14)10-4-6-11(7-5-10)15-9-3-8-13/h4-7,13H,2-3,8-9H2,1H3. The molecule has 1 aromatic rings. The number of hydrogen-bond acceptors (Lipinski definition) is 3. The SMILES string of the molecule is CCC(=O)c1ccc(OCCCO)cc1. The first kappa shape index (κ1) is 11.7. The molecule has 3 nitrogen and oxygen atoms in total. The summed E-state index contributed by atoms with van der Waals surface area (Å²) in [7, 11) is 0. The van der Waals surface area contributed by atoms with Crippen molar-refractivity contribution in [2.75, 3.05) is 13.2 Å². The van der Waals surface area contributed by atoms with Crippen LogP contribution in [0.25, 0.3) is 0 Å². The summed E-state index contributed by atoms with van der Waals surface area (Å²) in [5.74, 6) is 0.869. The molecule has 0 saturated heterocycles. The van der Waals surface area contributed by atoms with Crippen LogP contribution in [0.15, 0.2) is 24.3 Å². The second-order valence-corrected chi connectivity index (χ2v) is 3.23. The highest BCUT2D eigenvalue weighted by Gasteiger charge is 2.02. The average molecular weight is 208 g/mol. The van der Waals surface area contributed by atoms with Gasteiger partial charge in [0.05, 0.1) is 6.61 Å². The first-order chi connectivity index (χ1) is 7.27. The molecule has 82 valence electrons. The second kappa shape index (κ2) is 6.19. The lowest BCUT2D eigenvalue weighted by Crippen LogP contribution is -2.00. The Morgan fingerprint density at radius 3 is 2.53 bits per heavy atom. The van der Waals surface area contributed by atoms with Gasteiger partial charge in [0.25, 0.3) is 0 Å². The maximum absolute atomic E-state index is 11.3. The summed E-state index contributed by atoms with van der Waals surface area (Å²) >= 11 is 0. The molecule has 1 N–H and O–H groups in total. The molecule has 0 aliphatic heterocycles. The van der Waals surface area contributed by atoms with Crippen LogP contribution < -0.4 is 4.74 Å². The number of ether oxygens (including phenoxy) is 1. The molecule has 3 heteroatoms. The van der Waals surface area contributed by atoms with Crippen molar-refractivity contribution in [1.29, 1.82) is 0 Å². The van der Waals surface area contributed by atoms with E-state index in [1.807, 2.05) is 6.92 Å². The van der Waals surface area contributed by atoms with Crippen LogP contribution in [0, 0.1) is 0 Å². The van der Waals surface area contributed by atoms with E-state index >= 15 is 0 Å². The normalized spacial score (nSPS) is 10.0. The topological polar surface area (TPSA) is 46.5 Å². The van der Waals surface area contributed by atoms with Gasteiger partial charge in [-0.3, -0.25) is 4.79 Å². The minimum atomic E-state index is 0.131. The summed E-state index contributed by atoms with van der Waals surface area (Å²) in [6.07, 6.45) is 1.14. The van der Waals surface area contributed by atoms with Crippen LogP contribution in [0.4, 0.5) is 0 Å². The van der Waals surface area contributed by atoms with Crippen LogP contribution in [-0.4, -0.2) is 24.1 Å². The highest BCUT2D eigenvalue weighted by Crippen LogP contribution is 2.13. The van der Waals surface area contributed by atoms with Gasteiger partial charge in [-0.25, -0.2) is 0 Å². The Kier molecular flexibility index (Phi) is 4.84. The predicted molar refractivity (Wildman–Crippen MR) is 58.3 cm³/mol. The van der Waals surface area contributed by atoms with Gasteiger partial charge in [0.1, 0.15) is 5.75 Å². The first-order valence-electron chi connectivity index (χ1n) is 5.15. The molecule has 0 radical (unpaired) electrons. The van der Waals surface area contributed by atoms with Crippen molar-refractivity contribution in [3.8, 4) is 5.75 Å². The van der Waals surface area contributed by atoms with Gasteiger partial charge in [0.15, 0.2) is 5.78 Å². The largest absolute Gasteiger partial charge is 0.494 e. The number of aliphatic hydroxyl groups is 1. The van der Waals surface area contributed by atoms with Crippen molar-refractivity contribution in [2.24, 2.45) is 0 Å². The van der Waals surface area contributed by atoms with E-state index in [9.17, 15) is 4.79 Å². The van der Waals surface area contributed by atoms with Crippen LogP contribution >= 0.6 is 0 Å². The Morgan fingerprint density at radius 1 is 1.33 bits per heavy atom. The van der Waals surface area contributed by atoms with Crippen LogP contribution in [0.5, 0.6) is 5.75 Å². The van der Waals surface area contributed by atoms with Crippen LogP contribution in [0.3, 0.4) is 0 Å². The van der Waals surface area contributed by atoms with Gasteiger partial charge in [-0.15, -0.1) is 0 Å². The Bertz CT molecular complexity index is 303. The Morgan fingerprint density at radius 2 is 2.00 bits per heavy atom. The number of ketones is 1. The molecule has 0 aromatic heterocycles. The van der Waals surface area contributed by atoms with Gasteiger partial charge in [-0.05, 0) is 24.3 Å². The molecule has 1 rings (SSSR count). The smallest absolute Gasteiger partial charge is 0.162 e. The number of aliphatic hydroxyl groups excluding tert-OH is 1. The number of Topliss-reactive ketones (excluding diaryl/α,β-unsaturated/α-hetero) is 1. The summed E-state index contributed by atoms with van der Waals surface area (Å²) in [6.45, 7) is 2.47. The zero-order chi connectivity index (χ0) is 11.1. The van der Waals surface area contributed by atoms with E-state index in [1.54, 1.807) is 24.3 Å². The van der Waals surface area contributed by atoms with Crippen molar-refractivity contribution in [3.05, 3.63) is 29.8 Å². The van der Waals surface area contributed by atoms with E-state index in [4.69, 9.17) is 9.84 Å². The lowest BCUT2D eigenvalue weighted by atomic mass is 10.1. The van der Waals surface area contributed by atoms with Crippen molar-refractivity contribution in [1.82, 2.24) is 0 Å². The van der Waals surface area contributed by atoms with Crippen LogP contribution in [0.2, 0.25) is 0 Å². The van der Waals surface area contributed by atoms with Crippen LogP contribution in [0.1, 0.15) is 30.1 Å². The average Bonchev–Trinajstić information content (AvgIpc) is 2.29. The number of benzene rings is 1. The number of carbonyl (C=O) groups is 1. The lowest BCUT2D eigenvalue weighted by Gasteiger charge is -2.05. The molecule has 1 aromatic carbocycles.